The third kappa shape index (κ3) is 3.01. The van der Waals surface area contributed by atoms with Crippen molar-refractivity contribution in [3.8, 4) is 11.4 Å². The second kappa shape index (κ2) is 6.27. The number of amides is 2. The Bertz CT molecular complexity index is 718. The molecule has 114 valence electrons. The Morgan fingerprint density at radius 3 is 2.95 bits per heavy atom. The van der Waals surface area contributed by atoms with E-state index >= 15 is 0 Å². The first-order valence-corrected chi connectivity index (χ1v) is 7.77. The summed E-state index contributed by atoms with van der Waals surface area (Å²) >= 11 is 1.12. The van der Waals surface area contributed by atoms with E-state index in [-0.39, 0.29) is 17.6 Å². The van der Waals surface area contributed by atoms with Gasteiger partial charge in [-0.15, -0.1) is 5.10 Å². The minimum absolute atomic E-state index is 0.0836. The number of imide groups is 1. The fourth-order valence-corrected chi connectivity index (χ4v) is 2.88. The number of thioether (sulfide) groups is 1. The van der Waals surface area contributed by atoms with Crippen molar-refractivity contribution in [2.45, 2.75) is 18.0 Å². The number of hydrogen-bond donors (Lipinski definition) is 1. The molecule has 0 spiro atoms. The summed E-state index contributed by atoms with van der Waals surface area (Å²) < 4.78 is 13.7. The van der Waals surface area contributed by atoms with Gasteiger partial charge in [-0.3, -0.25) is 19.6 Å². The maximum atomic E-state index is 13.7. The monoisotopic (exact) mass is 320 g/mol. The van der Waals surface area contributed by atoms with E-state index in [4.69, 9.17) is 0 Å². The van der Waals surface area contributed by atoms with Crippen molar-refractivity contribution < 1.29 is 14.0 Å². The number of hydrogen-bond acceptors (Lipinski definition) is 5. The molecule has 1 aromatic carbocycles. The van der Waals surface area contributed by atoms with Crippen LogP contribution in [0.25, 0.3) is 11.4 Å². The SMILES string of the molecule is O=C1CCCN1C(=O)CSc1n[nH]c(-c2ccccc2F)n1. The third-order valence-corrected chi connectivity index (χ3v) is 4.13. The number of nitrogens with zero attached hydrogens (tertiary/aromatic N) is 3. The molecule has 0 bridgehead atoms. The van der Waals surface area contributed by atoms with Crippen molar-refractivity contribution >= 4 is 23.6 Å². The molecule has 0 atom stereocenters. The molecule has 0 radical (unpaired) electrons. The number of nitrogens with one attached hydrogen (secondary N) is 1. The molecule has 8 heteroatoms. The highest BCUT2D eigenvalue weighted by molar-refractivity contribution is 7.99. The minimum atomic E-state index is -0.395. The highest BCUT2D eigenvalue weighted by Crippen LogP contribution is 2.22. The summed E-state index contributed by atoms with van der Waals surface area (Å²) in [4.78, 5) is 28.8. The van der Waals surface area contributed by atoms with Gasteiger partial charge < -0.3 is 0 Å². The Balaban J connectivity index is 1.64. The number of halogens is 1. The first kappa shape index (κ1) is 14.7. The van der Waals surface area contributed by atoms with E-state index in [2.05, 4.69) is 15.2 Å². The predicted octanol–water partition coefficient (Wildman–Crippen LogP) is 1.85. The Kier molecular flexibility index (Phi) is 4.19. The quantitative estimate of drug-likeness (QED) is 0.870. The van der Waals surface area contributed by atoms with Gasteiger partial charge in [-0.25, -0.2) is 9.37 Å². The lowest BCUT2D eigenvalue weighted by Gasteiger charge is -2.11. The van der Waals surface area contributed by atoms with Gasteiger partial charge in [-0.1, -0.05) is 23.9 Å². The average molecular weight is 320 g/mol. The standard InChI is InChI=1S/C14H13FN4O2S/c15-10-5-2-1-4-9(10)13-16-14(18-17-13)22-8-12(21)19-7-3-6-11(19)20/h1-2,4-5H,3,6-8H2,(H,16,17,18). The first-order chi connectivity index (χ1) is 10.6. The molecule has 1 fully saturated rings. The lowest BCUT2D eigenvalue weighted by molar-refractivity contribution is -0.140. The molecular formula is C14H13FN4O2S. The van der Waals surface area contributed by atoms with Crippen LogP contribution < -0.4 is 0 Å². The molecule has 1 N–H and O–H groups in total. The van der Waals surface area contributed by atoms with E-state index in [1.807, 2.05) is 0 Å². The zero-order chi connectivity index (χ0) is 15.5. The molecular weight excluding hydrogens is 307 g/mol. The zero-order valence-corrected chi connectivity index (χ0v) is 12.4. The topological polar surface area (TPSA) is 79.0 Å². The van der Waals surface area contributed by atoms with Gasteiger partial charge in [0.25, 0.3) is 0 Å². The number of carbonyl (C=O) groups is 2. The van der Waals surface area contributed by atoms with Gasteiger partial charge in [0.2, 0.25) is 17.0 Å². The number of rotatable bonds is 4. The molecule has 0 unspecified atom stereocenters. The molecule has 22 heavy (non-hydrogen) atoms. The fourth-order valence-electron chi connectivity index (χ4n) is 2.20. The highest BCUT2D eigenvalue weighted by Gasteiger charge is 2.26. The summed E-state index contributed by atoms with van der Waals surface area (Å²) in [6.45, 7) is 0.479. The summed E-state index contributed by atoms with van der Waals surface area (Å²) in [6.07, 6.45) is 1.14. The Morgan fingerprint density at radius 1 is 1.41 bits per heavy atom. The van der Waals surface area contributed by atoms with Crippen LogP contribution in [0.1, 0.15) is 12.8 Å². The lowest BCUT2D eigenvalue weighted by Crippen LogP contribution is -2.33. The van der Waals surface area contributed by atoms with Crippen LogP contribution in [0.3, 0.4) is 0 Å². The van der Waals surface area contributed by atoms with Gasteiger partial charge in [-0.2, -0.15) is 0 Å². The van der Waals surface area contributed by atoms with Gasteiger partial charge in [0.1, 0.15) is 5.82 Å². The van der Waals surface area contributed by atoms with Gasteiger partial charge in [0.05, 0.1) is 11.3 Å². The van der Waals surface area contributed by atoms with Crippen LogP contribution >= 0.6 is 11.8 Å². The van der Waals surface area contributed by atoms with E-state index in [9.17, 15) is 14.0 Å². The molecule has 3 rings (SSSR count). The van der Waals surface area contributed by atoms with Crippen LogP contribution in [-0.2, 0) is 9.59 Å². The molecule has 1 saturated heterocycles. The lowest BCUT2D eigenvalue weighted by atomic mass is 10.2. The van der Waals surface area contributed by atoms with E-state index in [0.717, 1.165) is 11.8 Å². The Labute approximate surface area is 130 Å². The molecule has 1 aliphatic rings. The maximum absolute atomic E-state index is 13.7. The zero-order valence-electron chi connectivity index (χ0n) is 11.6. The van der Waals surface area contributed by atoms with E-state index in [1.165, 1.54) is 11.0 Å². The van der Waals surface area contributed by atoms with Gasteiger partial charge >= 0.3 is 0 Å². The van der Waals surface area contributed by atoms with Crippen molar-refractivity contribution in [1.29, 1.82) is 0 Å². The highest BCUT2D eigenvalue weighted by atomic mass is 32.2. The molecule has 0 saturated carbocycles. The molecule has 2 amide bonds. The van der Waals surface area contributed by atoms with Crippen LogP contribution in [0.2, 0.25) is 0 Å². The molecule has 2 heterocycles. The summed E-state index contributed by atoms with van der Waals surface area (Å²) in [7, 11) is 0. The maximum Gasteiger partial charge on any atom is 0.239 e. The largest absolute Gasteiger partial charge is 0.282 e. The second-order valence-electron chi connectivity index (χ2n) is 4.78. The normalized spacial score (nSPS) is 14.6. The van der Waals surface area contributed by atoms with Crippen LogP contribution in [0.15, 0.2) is 29.4 Å². The average Bonchev–Trinajstić information content (AvgIpc) is 3.14. The molecule has 0 aliphatic carbocycles. The van der Waals surface area contributed by atoms with Crippen molar-refractivity contribution in [3.05, 3.63) is 30.1 Å². The molecule has 2 aromatic rings. The van der Waals surface area contributed by atoms with Gasteiger partial charge in [0, 0.05) is 13.0 Å². The molecule has 6 nitrogen and oxygen atoms in total. The van der Waals surface area contributed by atoms with Crippen molar-refractivity contribution in [3.63, 3.8) is 0 Å². The Hall–Kier alpha value is -2.22. The van der Waals surface area contributed by atoms with Crippen LogP contribution in [-0.4, -0.2) is 44.2 Å². The van der Waals surface area contributed by atoms with Gasteiger partial charge in [-0.05, 0) is 18.6 Å². The van der Waals surface area contributed by atoms with Crippen LogP contribution in [0.5, 0.6) is 0 Å². The number of aromatic amines is 1. The summed E-state index contributed by atoms with van der Waals surface area (Å²) in [5, 5.41) is 6.95. The summed E-state index contributed by atoms with van der Waals surface area (Å²) in [6, 6.07) is 6.23. The number of H-pyrrole nitrogens is 1. The van der Waals surface area contributed by atoms with Crippen LogP contribution in [0.4, 0.5) is 4.39 Å². The number of carbonyl (C=O) groups excluding carboxylic acids is 2. The molecule has 1 aromatic heterocycles. The number of likely N-dealkylation sites (tertiary alicyclic amines) is 1. The second-order valence-corrected chi connectivity index (χ2v) is 5.72. The first-order valence-electron chi connectivity index (χ1n) is 6.78. The van der Waals surface area contributed by atoms with E-state index in [1.54, 1.807) is 18.2 Å². The predicted molar refractivity (Wildman–Crippen MR) is 78.5 cm³/mol. The Morgan fingerprint density at radius 2 is 2.23 bits per heavy atom. The summed E-state index contributed by atoms with van der Waals surface area (Å²) in [5.74, 6) is -0.378. The van der Waals surface area contributed by atoms with E-state index < -0.39 is 5.82 Å². The van der Waals surface area contributed by atoms with Crippen molar-refractivity contribution in [2.75, 3.05) is 12.3 Å². The fraction of sp³-hybridized carbons (Fsp3) is 0.286. The number of benzene rings is 1. The smallest absolute Gasteiger partial charge is 0.239 e. The van der Waals surface area contributed by atoms with Gasteiger partial charge in [0.15, 0.2) is 5.82 Å². The number of aromatic nitrogens is 3. The molecule has 1 aliphatic heterocycles. The minimum Gasteiger partial charge on any atom is -0.282 e. The third-order valence-electron chi connectivity index (χ3n) is 3.29. The van der Waals surface area contributed by atoms with Crippen LogP contribution in [0, 0.1) is 5.82 Å². The van der Waals surface area contributed by atoms with E-state index in [0.29, 0.717) is 35.9 Å². The van der Waals surface area contributed by atoms with Crippen molar-refractivity contribution in [2.24, 2.45) is 0 Å². The summed E-state index contributed by atoms with van der Waals surface area (Å²) in [5.41, 5.74) is 0.322. The van der Waals surface area contributed by atoms with Crippen molar-refractivity contribution in [1.82, 2.24) is 20.1 Å².